The van der Waals surface area contributed by atoms with E-state index in [1.807, 2.05) is 43.6 Å². The molecule has 4 rings (SSSR count). The molecule has 4 aromatic rings. The molecule has 0 saturated carbocycles. The second kappa shape index (κ2) is 6.24. The highest BCUT2D eigenvalue weighted by Gasteiger charge is 2.17. The third kappa shape index (κ3) is 2.70. The Labute approximate surface area is 155 Å². The average Bonchev–Trinajstić information content (AvgIpc) is 3.07. The largest absolute Gasteiger partial charge is 0.382 e. The van der Waals surface area contributed by atoms with E-state index in [-0.39, 0.29) is 0 Å². The first-order valence-corrected chi connectivity index (χ1v) is 8.29. The van der Waals surface area contributed by atoms with Crippen LogP contribution in [0.4, 0.5) is 5.82 Å². The summed E-state index contributed by atoms with van der Waals surface area (Å²) in [5.74, 6) is 0.304. The number of anilines is 1. The molecule has 6 nitrogen and oxygen atoms in total. The molecule has 0 unspecified atom stereocenters. The van der Waals surface area contributed by atoms with Crippen LogP contribution >= 0.6 is 11.6 Å². The lowest BCUT2D eigenvalue weighted by Crippen LogP contribution is -2.03. The molecule has 0 radical (unpaired) electrons. The van der Waals surface area contributed by atoms with Gasteiger partial charge in [-0.05, 0) is 30.3 Å². The minimum atomic E-state index is 0.304. The van der Waals surface area contributed by atoms with Crippen LogP contribution in [0, 0.1) is 0 Å². The van der Waals surface area contributed by atoms with E-state index in [0.29, 0.717) is 33.6 Å². The summed E-state index contributed by atoms with van der Waals surface area (Å²) >= 11 is 6.44. The molecule has 7 heteroatoms. The van der Waals surface area contributed by atoms with Crippen molar-refractivity contribution in [2.45, 2.75) is 0 Å². The second-order valence-electron chi connectivity index (χ2n) is 5.80. The minimum Gasteiger partial charge on any atom is -0.382 e. The number of nitrogens with two attached hydrogens (primary N) is 1. The molecule has 0 amide bonds. The topological polar surface area (TPSA) is 82.5 Å². The molecule has 2 N–H and O–H groups in total. The van der Waals surface area contributed by atoms with Crippen LogP contribution in [0.25, 0.3) is 39.6 Å². The van der Waals surface area contributed by atoms with E-state index >= 15 is 0 Å². The van der Waals surface area contributed by atoms with Gasteiger partial charge in [0.15, 0.2) is 0 Å². The zero-order valence-corrected chi connectivity index (χ0v) is 14.8. The van der Waals surface area contributed by atoms with Gasteiger partial charge in [-0.1, -0.05) is 24.2 Å². The van der Waals surface area contributed by atoms with Crippen LogP contribution in [0.2, 0.25) is 5.02 Å². The Morgan fingerprint density at radius 2 is 2.04 bits per heavy atom. The molecule has 0 spiro atoms. The van der Waals surface area contributed by atoms with Crippen molar-refractivity contribution in [3.8, 4) is 22.6 Å². The number of hydrogen-bond donors (Lipinski definition) is 1. The van der Waals surface area contributed by atoms with Crippen LogP contribution in [-0.4, -0.2) is 24.7 Å². The van der Waals surface area contributed by atoms with Gasteiger partial charge in [0.05, 0.1) is 16.2 Å². The van der Waals surface area contributed by atoms with E-state index in [1.165, 1.54) is 0 Å². The maximum atomic E-state index is 6.44. The number of halogens is 1. The van der Waals surface area contributed by atoms with Crippen molar-refractivity contribution in [2.24, 2.45) is 7.05 Å². The number of nitrogen functional groups attached to an aromatic ring is 1. The van der Waals surface area contributed by atoms with E-state index in [0.717, 1.165) is 16.5 Å². The van der Waals surface area contributed by atoms with Gasteiger partial charge in [-0.15, -0.1) is 0 Å². The molecule has 0 bridgehead atoms. The molecule has 3 heterocycles. The van der Waals surface area contributed by atoms with Crippen LogP contribution in [0.1, 0.15) is 5.69 Å². The lowest BCUT2D eigenvalue weighted by Gasteiger charge is -2.11. The van der Waals surface area contributed by atoms with Crippen molar-refractivity contribution in [3.63, 3.8) is 0 Å². The Morgan fingerprint density at radius 3 is 2.77 bits per heavy atom. The summed E-state index contributed by atoms with van der Waals surface area (Å²) in [4.78, 5) is 13.5. The normalized spacial score (nSPS) is 11.0. The fourth-order valence-electron chi connectivity index (χ4n) is 2.82. The standard InChI is InChI=1S/C19H15ClN6/c1-3-14-19(21)24-18(15-6-8-26(2)25-15)17(23-14)12-9-11-5-4-7-22-16(11)13(20)10-12/h3-10H,1H2,2H3,(H2,21,24). The molecule has 3 aromatic heterocycles. The Balaban J connectivity index is 2.02. The summed E-state index contributed by atoms with van der Waals surface area (Å²) in [6, 6.07) is 9.50. The van der Waals surface area contributed by atoms with E-state index in [9.17, 15) is 0 Å². The summed E-state index contributed by atoms with van der Waals surface area (Å²) in [5.41, 5.74) is 10.0. The van der Waals surface area contributed by atoms with Crippen molar-refractivity contribution in [2.75, 3.05) is 5.73 Å². The van der Waals surface area contributed by atoms with Crippen LogP contribution in [0.15, 0.2) is 49.3 Å². The van der Waals surface area contributed by atoms with Gasteiger partial charge in [-0.25, -0.2) is 9.97 Å². The Hall–Kier alpha value is -3.25. The third-order valence-corrected chi connectivity index (χ3v) is 4.32. The van der Waals surface area contributed by atoms with Gasteiger partial charge in [0.2, 0.25) is 0 Å². The number of pyridine rings is 1. The number of hydrogen-bond acceptors (Lipinski definition) is 5. The van der Waals surface area contributed by atoms with Gasteiger partial charge < -0.3 is 5.73 Å². The highest BCUT2D eigenvalue weighted by atomic mass is 35.5. The number of nitrogens with zero attached hydrogens (tertiary/aromatic N) is 5. The van der Waals surface area contributed by atoms with Gasteiger partial charge in [0.25, 0.3) is 0 Å². The predicted octanol–water partition coefficient (Wildman–Crippen LogP) is 3.97. The van der Waals surface area contributed by atoms with E-state index in [4.69, 9.17) is 17.3 Å². The lowest BCUT2D eigenvalue weighted by molar-refractivity contribution is 0.770. The van der Waals surface area contributed by atoms with E-state index in [1.54, 1.807) is 17.0 Å². The third-order valence-electron chi connectivity index (χ3n) is 4.03. The quantitative estimate of drug-likeness (QED) is 0.596. The fourth-order valence-corrected chi connectivity index (χ4v) is 3.09. The van der Waals surface area contributed by atoms with Crippen molar-refractivity contribution in [3.05, 3.63) is 60.0 Å². The van der Waals surface area contributed by atoms with Gasteiger partial charge in [-0.3, -0.25) is 9.67 Å². The minimum absolute atomic E-state index is 0.304. The monoisotopic (exact) mass is 362 g/mol. The van der Waals surface area contributed by atoms with Crippen LogP contribution < -0.4 is 5.73 Å². The maximum Gasteiger partial charge on any atom is 0.150 e. The highest BCUT2D eigenvalue weighted by molar-refractivity contribution is 6.35. The zero-order chi connectivity index (χ0) is 18.3. The second-order valence-corrected chi connectivity index (χ2v) is 6.21. The number of fused-ring (bicyclic) bond motifs is 1. The zero-order valence-electron chi connectivity index (χ0n) is 14.0. The summed E-state index contributed by atoms with van der Waals surface area (Å²) in [5, 5.41) is 5.90. The first-order valence-electron chi connectivity index (χ1n) is 7.91. The number of aromatic nitrogens is 5. The Morgan fingerprint density at radius 1 is 1.19 bits per heavy atom. The van der Waals surface area contributed by atoms with Crippen LogP contribution in [0.3, 0.4) is 0 Å². The molecule has 0 saturated heterocycles. The maximum absolute atomic E-state index is 6.44. The molecular weight excluding hydrogens is 348 g/mol. The molecule has 26 heavy (non-hydrogen) atoms. The van der Waals surface area contributed by atoms with Gasteiger partial charge in [-0.2, -0.15) is 5.10 Å². The summed E-state index contributed by atoms with van der Waals surface area (Å²) in [6.45, 7) is 3.76. The Kier molecular flexibility index (Phi) is 3.89. The molecular formula is C19H15ClN6. The molecule has 0 aliphatic heterocycles. The average molecular weight is 363 g/mol. The molecule has 0 aliphatic rings. The van der Waals surface area contributed by atoms with Crippen molar-refractivity contribution >= 4 is 34.4 Å². The summed E-state index contributed by atoms with van der Waals surface area (Å²) < 4.78 is 1.70. The number of benzene rings is 1. The first kappa shape index (κ1) is 16.2. The molecule has 1 aromatic carbocycles. The Bertz CT molecular complexity index is 1150. The van der Waals surface area contributed by atoms with Crippen LogP contribution in [0.5, 0.6) is 0 Å². The highest BCUT2D eigenvalue weighted by Crippen LogP contribution is 2.34. The summed E-state index contributed by atoms with van der Waals surface area (Å²) in [6.07, 6.45) is 5.14. The molecule has 0 atom stereocenters. The van der Waals surface area contributed by atoms with Crippen LogP contribution in [-0.2, 0) is 7.05 Å². The lowest BCUT2D eigenvalue weighted by atomic mass is 10.0. The van der Waals surface area contributed by atoms with Gasteiger partial charge >= 0.3 is 0 Å². The van der Waals surface area contributed by atoms with Crippen molar-refractivity contribution < 1.29 is 0 Å². The van der Waals surface area contributed by atoms with Gasteiger partial charge in [0, 0.05) is 30.4 Å². The number of aryl methyl sites for hydroxylation is 1. The molecule has 0 fully saturated rings. The van der Waals surface area contributed by atoms with E-state index < -0.39 is 0 Å². The van der Waals surface area contributed by atoms with E-state index in [2.05, 4.69) is 26.6 Å². The summed E-state index contributed by atoms with van der Waals surface area (Å²) in [7, 11) is 1.84. The first-order chi connectivity index (χ1) is 12.6. The van der Waals surface area contributed by atoms with Crippen molar-refractivity contribution in [1.29, 1.82) is 0 Å². The van der Waals surface area contributed by atoms with Crippen molar-refractivity contribution in [1.82, 2.24) is 24.7 Å². The SMILES string of the molecule is C=Cc1nc(-c2cc(Cl)c3ncccc3c2)c(-c2ccn(C)n2)nc1N. The molecule has 0 aliphatic carbocycles. The number of rotatable bonds is 3. The predicted molar refractivity (Wildman–Crippen MR) is 104 cm³/mol. The smallest absolute Gasteiger partial charge is 0.150 e. The fraction of sp³-hybridized carbons (Fsp3) is 0.0526. The molecule has 128 valence electrons. The van der Waals surface area contributed by atoms with Gasteiger partial charge in [0.1, 0.15) is 22.9 Å².